The monoisotopic (exact) mass is 1040 g/mol. The first-order chi connectivity index (χ1) is 30.3. The van der Waals surface area contributed by atoms with Gasteiger partial charge in [0.25, 0.3) is 0 Å². The first-order valence-corrected chi connectivity index (χ1v) is 25.9. The van der Waals surface area contributed by atoms with Crippen molar-refractivity contribution in [3.63, 3.8) is 0 Å². The fourth-order valence-electron chi connectivity index (χ4n) is 8.85. The van der Waals surface area contributed by atoms with Gasteiger partial charge in [0.15, 0.2) is 0 Å². The Bertz CT molecular complexity index is 3500. The van der Waals surface area contributed by atoms with Gasteiger partial charge in [-0.15, -0.1) is 42.0 Å². The van der Waals surface area contributed by atoms with Gasteiger partial charge < -0.3 is 14.1 Å². The summed E-state index contributed by atoms with van der Waals surface area (Å²) in [6.07, 6.45) is 2.09. The number of benzene rings is 6. The number of rotatable bonds is 5. The molecule has 0 unspecified atom stereocenters. The second-order valence-electron chi connectivity index (χ2n) is 18.5. The summed E-state index contributed by atoms with van der Waals surface area (Å²) in [6, 6.07) is 58.3. The van der Waals surface area contributed by atoms with Crippen LogP contribution < -0.4 is 5.19 Å². The Morgan fingerprint density at radius 2 is 1.33 bits per heavy atom. The molecular weight excluding hydrogens is 995 g/mol. The number of aromatic nitrogens is 5. The molecule has 5 nitrogen and oxygen atoms in total. The maximum Gasteiger partial charge on any atom is 0.113 e. The number of aryl methyl sites for hydroxylation is 2. The fourth-order valence-corrected chi connectivity index (χ4v) is 11.8. The zero-order chi connectivity index (χ0) is 43.6. The zero-order valence-electron chi connectivity index (χ0n) is 37.4. The summed E-state index contributed by atoms with van der Waals surface area (Å²) in [7, 11) is -1.39. The van der Waals surface area contributed by atoms with E-state index < -0.39 is 8.07 Å². The second-order valence-corrected chi connectivity index (χ2v) is 24.6. The molecule has 0 saturated carbocycles. The molecule has 0 aliphatic carbocycles. The van der Waals surface area contributed by atoms with Crippen molar-refractivity contribution in [1.82, 2.24) is 24.1 Å². The minimum absolute atomic E-state index is 0. The van der Waals surface area contributed by atoms with Crippen LogP contribution in [0.15, 0.2) is 152 Å². The second kappa shape index (κ2) is 16.8. The van der Waals surface area contributed by atoms with Crippen molar-refractivity contribution in [3.05, 3.63) is 181 Å². The number of imidazole rings is 1. The molecule has 0 amide bonds. The maximum absolute atomic E-state index is 5.09. The molecule has 8 heteroatoms. The molecule has 1 radical (unpaired) electrons. The number of thiophene rings is 1. The molecule has 0 fully saturated rings. The van der Waals surface area contributed by atoms with E-state index in [9.17, 15) is 0 Å². The summed E-state index contributed by atoms with van der Waals surface area (Å²) < 4.78 is 5.75. The van der Waals surface area contributed by atoms with Crippen molar-refractivity contribution < 1.29 is 20.1 Å². The molecule has 0 saturated heterocycles. The van der Waals surface area contributed by atoms with Gasteiger partial charge in [-0.05, 0) is 105 Å². The van der Waals surface area contributed by atoms with E-state index in [0.717, 1.165) is 49.9 Å². The van der Waals surface area contributed by atoms with Gasteiger partial charge in [0.2, 0.25) is 0 Å². The van der Waals surface area contributed by atoms with Crippen LogP contribution in [0.4, 0.5) is 0 Å². The van der Waals surface area contributed by atoms with E-state index >= 15 is 0 Å². The molecule has 64 heavy (non-hydrogen) atoms. The van der Waals surface area contributed by atoms with Gasteiger partial charge in [0, 0.05) is 48.9 Å². The van der Waals surface area contributed by atoms with Gasteiger partial charge in [0.05, 0.1) is 24.9 Å². The van der Waals surface area contributed by atoms with Crippen LogP contribution in [0.1, 0.15) is 37.6 Å². The molecule has 0 aliphatic rings. The third-order valence-corrected chi connectivity index (χ3v) is 15.3. The normalized spacial score (nSPS) is 11.9. The van der Waals surface area contributed by atoms with Crippen LogP contribution in [0.25, 0.3) is 87.2 Å². The Balaban J connectivity index is 0.000000160. The van der Waals surface area contributed by atoms with Crippen LogP contribution in [0.2, 0.25) is 19.6 Å². The molecule has 0 N–H and O–H groups in total. The van der Waals surface area contributed by atoms with E-state index in [4.69, 9.17) is 15.0 Å². The fraction of sp³-hybridized carbons (Fsp3) is 0.161. The number of hydrogen-bond acceptors (Lipinski definition) is 4. The Kier molecular flexibility index (Phi) is 11.4. The molecule has 0 spiro atoms. The summed E-state index contributed by atoms with van der Waals surface area (Å²) >= 11 is 1.72. The Labute approximate surface area is 393 Å². The number of nitrogens with zero attached hydrogens (tertiary/aromatic N) is 5. The quantitative estimate of drug-likeness (QED) is 0.127. The minimum atomic E-state index is -1.39. The SMILES string of the molecule is Cc1cc(-c2[c-]cc3c(c2)c2ccccc2n3-c2ccccc2)ncc1[Si](C)(C)C.Cc1ccc2c(n1)sc1c(-c3nc4ccccc4n3-c3ccc(C(C)(C)C)cc3)[c-]ccc12.[Ir]. The van der Waals surface area contributed by atoms with Crippen LogP contribution in [0.5, 0.6) is 0 Å². The summed E-state index contributed by atoms with van der Waals surface area (Å²) in [4.78, 5) is 15.8. The number of para-hydroxylation sites is 4. The average molecular weight is 1040 g/mol. The van der Waals surface area contributed by atoms with Crippen molar-refractivity contribution in [1.29, 1.82) is 0 Å². The van der Waals surface area contributed by atoms with Gasteiger partial charge in [-0.3, -0.25) is 4.98 Å². The topological polar surface area (TPSA) is 48.5 Å². The zero-order valence-corrected chi connectivity index (χ0v) is 41.6. The summed E-state index contributed by atoms with van der Waals surface area (Å²) in [5.41, 5.74) is 13.6. The Morgan fingerprint density at radius 1 is 0.625 bits per heavy atom. The maximum atomic E-state index is 5.09. The number of pyridine rings is 2. The predicted octanol–water partition coefficient (Wildman–Crippen LogP) is 14.4. The molecule has 5 aromatic heterocycles. The summed E-state index contributed by atoms with van der Waals surface area (Å²) in [5, 5.41) is 6.30. The molecule has 6 aromatic carbocycles. The summed E-state index contributed by atoms with van der Waals surface area (Å²) in [5.74, 6) is 0.911. The van der Waals surface area contributed by atoms with Crippen LogP contribution in [-0.2, 0) is 25.5 Å². The third-order valence-electron chi connectivity index (χ3n) is 12.0. The predicted molar refractivity (Wildman–Crippen MR) is 270 cm³/mol. The number of fused-ring (bicyclic) bond motifs is 7. The van der Waals surface area contributed by atoms with Crippen molar-refractivity contribution >= 4 is 77.7 Å². The first-order valence-electron chi connectivity index (χ1n) is 21.6. The molecule has 11 rings (SSSR count). The standard InChI is InChI=1S/C29H24N3S.C27H25N2Si.Ir/c1-18-12-17-22-21-8-7-9-23(26(21)33-28(22)30-18)27-31-24-10-5-6-11-25(24)32(27)20-15-13-19(14-16-20)29(2,3)4;1-19-16-24(28-18-27(19)30(2,3)4)20-14-15-26-23(17-20)22-12-8-9-13-25(22)29(26)21-10-6-5-7-11-21;/h5-8,10-17H,1-4H3;5-13,15-18H,1-4H3;/q2*-1;. The van der Waals surface area contributed by atoms with Crippen molar-refractivity contribution in [2.75, 3.05) is 0 Å². The van der Waals surface area contributed by atoms with Crippen LogP contribution in [0.3, 0.4) is 0 Å². The van der Waals surface area contributed by atoms with Crippen LogP contribution in [0, 0.1) is 26.0 Å². The van der Waals surface area contributed by atoms with Gasteiger partial charge in [0.1, 0.15) is 4.83 Å². The van der Waals surface area contributed by atoms with Gasteiger partial charge >= 0.3 is 0 Å². The van der Waals surface area contributed by atoms with E-state index in [2.05, 4.69) is 208 Å². The first kappa shape index (κ1) is 43.2. The Morgan fingerprint density at radius 3 is 2.06 bits per heavy atom. The largest absolute Gasteiger partial charge is 0.351 e. The Hall–Kier alpha value is -6.02. The smallest absolute Gasteiger partial charge is 0.113 e. The molecule has 0 bridgehead atoms. The van der Waals surface area contributed by atoms with Gasteiger partial charge in [-0.2, -0.15) is 11.3 Å². The van der Waals surface area contributed by atoms with Crippen molar-refractivity contribution in [2.45, 2.75) is 59.7 Å². The number of hydrogen-bond donors (Lipinski definition) is 0. The van der Waals surface area contributed by atoms with Crippen LogP contribution >= 0.6 is 11.3 Å². The van der Waals surface area contributed by atoms with Gasteiger partial charge in [-0.1, -0.05) is 135 Å². The molecule has 0 aliphatic heterocycles. The van der Waals surface area contributed by atoms with E-state index in [1.54, 1.807) is 11.3 Å². The minimum Gasteiger partial charge on any atom is -0.351 e. The molecule has 5 heterocycles. The van der Waals surface area contributed by atoms with E-state index in [1.807, 2.05) is 19.1 Å². The van der Waals surface area contributed by atoms with Gasteiger partial charge in [-0.25, -0.2) is 4.98 Å². The van der Waals surface area contributed by atoms with E-state index in [0.29, 0.717) is 0 Å². The molecule has 319 valence electrons. The van der Waals surface area contributed by atoms with Crippen molar-refractivity contribution in [2.24, 2.45) is 0 Å². The molecule has 11 aromatic rings. The van der Waals surface area contributed by atoms with Crippen LogP contribution in [-0.4, -0.2) is 32.2 Å². The van der Waals surface area contributed by atoms with E-state index in [1.165, 1.54) is 59.3 Å². The third kappa shape index (κ3) is 7.83. The van der Waals surface area contributed by atoms with Crippen molar-refractivity contribution in [3.8, 4) is 34.0 Å². The molecular formula is C56H49IrN5SSi-2. The molecule has 0 atom stereocenters. The van der Waals surface area contributed by atoms with E-state index in [-0.39, 0.29) is 25.5 Å². The summed E-state index contributed by atoms with van der Waals surface area (Å²) in [6.45, 7) is 18.1. The average Bonchev–Trinajstić information content (AvgIpc) is 3.95.